The first-order valence-corrected chi connectivity index (χ1v) is 8.35. The van der Waals surface area contributed by atoms with Crippen LogP contribution in [0.25, 0.3) is 6.08 Å². The first-order chi connectivity index (χ1) is 12.4. The van der Waals surface area contributed by atoms with Crippen LogP contribution in [0.4, 0.5) is 5.69 Å². The maximum atomic E-state index is 11.8. The lowest BCUT2D eigenvalue weighted by Crippen LogP contribution is -2.11. The van der Waals surface area contributed by atoms with Gasteiger partial charge in [-0.2, -0.15) is 0 Å². The highest BCUT2D eigenvalue weighted by molar-refractivity contribution is 7.18. The Labute approximate surface area is 155 Å². The van der Waals surface area contributed by atoms with Gasteiger partial charge in [-0.15, -0.1) is 11.3 Å². The van der Waals surface area contributed by atoms with Crippen molar-refractivity contribution < 1.29 is 28.7 Å². The molecule has 0 bridgehead atoms. The zero-order valence-electron chi connectivity index (χ0n) is 13.0. The number of nitro groups is 1. The number of carbonyl (C=O) groups is 2. The third kappa shape index (κ3) is 4.01. The number of esters is 1. The summed E-state index contributed by atoms with van der Waals surface area (Å²) in [5, 5.41) is 11.1. The number of hydrogen-bond donors (Lipinski definition) is 0. The van der Waals surface area contributed by atoms with E-state index in [1.54, 1.807) is 6.07 Å². The Balaban J connectivity index is 1.66. The molecule has 3 rings (SSSR count). The molecule has 0 atom stereocenters. The van der Waals surface area contributed by atoms with Crippen LogP contribution in [0.1, 0.15) is 15.2 Å². The van der Waals surface area contributed by atoms with Crippen molar-refractivity contribution in [3.8, 4) is 11.5 Å². The van der Waals surface area contributed by atoms with Gasteiger partial charge in [-0.25, -0.2) is 4.79 Å². The Morgan fingerprint density at radius 1 is 1.31 bits per heavy atom. The van der Waals surface area contributed by atoms with E-state index in [4.69, 9.17) is 25.8 Å². The lowest BCUT2D eigenvalue weighted by molar-refractivity contribution is -0.385. The molecular formula is C16H10ClNO7S. The molecule has 0 fully saturated rings. The van der Waals surface area contributed by atoms with Crippen molar-refractivity contribution in [3.63, 3.8) is 0 Å². The van der Waals surface area contributed by atoms with Crippen LogP contribution in [0, 0.1) is 10.1 Å². The topological polar surface area (TPSA) is 105 Å². The number of nitro benzene ring substituents is 1. The zero-order valence-corrected chi connectivity index (χ0v) is 14.5. The van der Waals surface area contributed by atoms with Gasteiger partial charge in [0.25, 0.3) is 5.69 Å². The smallest absolute Gasteiger partial charge is 0.331 e. The summed E-state index contributed by atoms with van der Waals surface area (Å²) in [4.78, 5) is 34.5. The average molecular weight is 396 g/mol. The number of halogens is 1. The van der Waals surface area contributed by atoms with Gasteiger partial charge in [0.15, 0.2) is 18.1 Å². The fourth-order valence-electron chi connectivity index (χ4n) is 2.12. The average Bonchev–Trinajstić information content (AvgIpc) is 3.24. The fraction of sp³-hybridized carbons (Fsp3) is 0.125. The maximum Gasteiger partial charge on any atom is 0.331 e. The number of carbonyl (C=O) groups excluding carboxylic acids is 2. The third-order valence-corrected chi connectivity index (χ3v) is 4.58. The van der Waals surface area contributed by atoms with E-state index in [0.717, 1.165) is 17.4 Å². The number of hydrogen-bond acceptors (Lipinski definition) is 8. The summed E-state index contributed by atoms with van der Waals surface area (Å²) in [6.07, 6.45) is 2.22. The fourth-order valence-corrected chi connectivity index (χ4v) is 3.08. The number of ether oxygens (including phenoxy) is 3. The van der Waals surface area contributed by atoms with E-state index in [1.807, 2.05) is 0 Å². The van der Waals surface area contributed by atoms with Gasteiger partial charge in [0.1, 0.15) is 0 Å². The maximum absolute atomic E-state index is 11.8. The van der Waals surface area contributed by atoms with Gasteiger partial charge in [0, 0.05) is 6.08 Å². The second-order valence-corrected chi connectivity index (χ2v) is 6.70. The zero-order chi connectivity index (χ0) is 18.7. The van der Waals surface area contributed by atoms with E-state index in [9.17, 15) is 19.7 Å². The minimum absolute atomic E-state index is 0.0312. The molecule has 1 aliphatic heterocycles. The van der Waals surface area contributed by atoms with Gasteiger partial charge in [0.2, 0.25) is 12.6 Å². The highest BCUT2D eigenvalue weighted by Gasteiger charge is 2.22. The van der Waals surface area contributed by atoms with Crippen LogP contribution in [-0.4, -0.2) is 30.1 Å². The van der Waals surface area contributed by atoms with E-state index in [2.05, 4.69) is 0 Å². The van der Waals surface area contributed by atoms with Crippen molar-refractivity contribution in [1.29, 1.82) is 0 Å². The molecule has 0 spiro atoms. The van der Waals surface area contributed by atoms with Gasteiger partial charge in [-0.1, -0.05) is 11.6 Å². The van der Waals surface area contributed by atoms with E-state index in [1.165, 1.54) is 24.3 Å². The Hall–Kier alpha value is -2.91. The summed E-state index contributed by atoms with van der Waals surface area (Å²) in [5.41, 5.74) is -0.102. The standard InChI is InChI=1S/C16H10ClNO7S/c17-15-3-2-14(26-15)11(19)7-23-16(20)4-1-9-5-12-13(25-8-24-12)6-10(9)18(21)22/h1-6H,7-8H2. The number of Topliss-reactive ketones (excluding diaryl/α,β-unsaturated/α-hetero) is 1. The van der Waals surface area contributed by atoms with Crippen LogP contribution in [0.15, 0.2) is 30.3 Å². The molecule has 8 nitrogen and oxygen atoms in total. The number of thiophene rings is 1. The van der Waals surface area contributed by atoms with Crippen LogP contribution in [-0.2, 0) is 9.53 Å². The van der Waals surface area contributed by atoms with Crippen LogP contribution in [0.3, 0.4) is 0 Å². The molecule has 1 aromatic carbocycles. The summed E-state index contributed by atoms with van der Waals surface area (Å²) >= 11 is 6.82. The predicted molar refractivity (Wildman–Crippen MR) is 92.9 cm³/mol. The van der Waals surface area contributed by atoms with E-state index >= 15 is 0 Å². The van der Waals surface area contributed by atoms with Gasteiger partial charge in [0.05, 0.1) is 25.8 Å². The highest BCUT2D eigenvalue weighted by Crippen LogP contribution is 2.38. The van der Waals surface area contributed by atoms with Crippen LogP contribution in [0.5, 0.6) is 11.5 Å². The van der Waals surface area contributed by atoms with Gasteiger partial charge in [-0.05, 0) is 24.3 Å². The van der Waals surface area contributed by atoms with Crippen molar-refractivity contribution in [2.24, 2.45) is 0 Å². The van der Waals surface area contributed by atoms with E-state index < -0.39 is 23.3 Å². The number of nitrogens with zero attached hydrogens (tertiary/aromatic N) is 1. The molecule has 10 heteroatoms. The van der Waals surface area contributed by atoms with E-state index in [-0.39, 0.29) is 23.8 Å². The highest BCUT2D eigenvalue weighted by atomic mass is 35.5. The van der Waals surface area contributed by atoms with E-state index in [0.29, 0.717) is 15.0 Å². The van der Waals surface area contributed by atoms with Crippen molar-refractivity contribution in [2.75, 3.05) is 13.4 Å². The van der Waals surface area contributed by atoms with Crippen molar-refractivity contribution >= 4 is 46.5 Å². The number of benzene rings is 1. The van der Waals surface area contributed by atoms with Crippen molar-refractivity contribution in [2.45, 2.75) is 0 Å². The Morgan fingerprint density at radius 3 is 2.69 bits per heavy atom. The molecule has 26 heavy (non-hydrogen) atoms. The van der Waals surface area contributed by atoms with Crippen LogP contribution in [0.2, 0.25) is 4.34 Å². The molecule has 0 saturated heterocycles. The molecule has 1 aromatic heterocycles. The van der Waals surface area contributed by atoms with Crippen LogP contribution < -0.4 is 9.47 Å². The Morgan fingerprint density at radius 2 is 2.04 bits per heavy atom. The Bertz CT molecular complexity index is 921. The molecule has 0 amide bonds. The van der Waals surface area contributed by atoms with Crippen LogP contribution >= 0.6 is 22.9 Å². The number of ketones is 1. The molecule has 134 valence electrons. The minimum atomic E-state index is -0.812. The second-order valence-electron chi connectivity index (χ2n) is 4.99. The Kier molecular flexibility index (Phi) is 5.19. The first-order valence-electron chi connectivity index (χ1n) is 7.15. The summed E-state index contributed by atoms with van der Waals surface area (Å²) in [6, 6.07) is 5.72. The second kappa shape index (κ2) is 7.54. The minimum Gasteiger partial charge on any atom is -0.454 e. The quantitative estimate of drug-likeness (QED) is 0.242. The lowest BCUT2D eigenvalue weighted by Gasteiger charge is -2.02. The van der Waals surface area contributed by atoms with Crippen molar-refractivity contribution in [1.82, 2.24) is 0 Å². The molecule has 1 aliphatic rings. The molecule has 0 aliphatic carbocycles. The summed E-state index contributed by atoms with van der Waals surface area (Å²) in [5.74, 6) is -0.601. The number of fused-ring (bicyclic) bond motifs is 1. The predicted octanol–water partition coefficient (Wildman–Crippen LogP) is 3.48. The first kappa shape index (κ1) is 17.9. The molecular weight excluding hydrogens is 386 g/mol. The molecule has 2 aromatic rings. The van der Waals surface area contributed by atoms with Gasteiger partial charge in [-0.3, -0.25) is 14.9 Å². The molecule has 0 saturated carbocycles. The SMILES string of the molecule is O=C(C=Cc1cc2c(cc1[N+](=O)[O-])OCO2)OCC(=O)c1ccc(Cl)s1. The molecule has 2 heterocycles. The molecule has 0 radical (unpaired) electrons. The largest absolute Gasteiger partial charge is 0.454 e. The van der Waals surface area contributed by atoms with Gasteiger partial charge >= 0.3 is 5.97 Å². The van der Waals surface area contributed by atoms with Gasteiger partial charge < -0.3 is 14.2 Å². The molecule has 0 N–H and O–H groups in total. The normalized spacial score (nSPS) is 12.3. The third-order valence-electron chi connectivity index (χ3n) is 3.31. The monoisotopic (exact) mass is 395 g/mol. The summed E-state index contributed by atoms with van der Waals surface area (Å²) in [7, 11) is 0. The molecule has 0 unspecified atom stereocenters. The lowest BCUT2D eigenvalue weighted by atomic mass is 10.1. The summed E-state index contributed by atoms with van der Waals surface area (Å²) < 4.78 is 15.5. The summed E-state index contributed by atoms with van der Waals surface area (Å²) in [6.45, 7) is -0.486. The number of rotatable bonds is 6. The van der Waals surface area contributed by atoms with Crippen molar-refractivity contribution in [3.05, 3.63) is 55.2 Å².